The van der Waals surface area contributed by atoms with E-state index in [1.165, 1.54) is 7.05 Å². The van der Waals surface area contributed by atoms with Crippen molar-refractivity contribution in [3.63, 3.8) is 0 Å². The van der Waals surface area contributed by atoms with Crippen molar-refractivity contribution in [3.8, 4) is 0 Å². The predicted molar refractivity (Wildman–Crippen MR) is 78.0 cm³/mol. The molecule has 10 nitrogen and oxygen atoms in total. The Labute approximate surface area is 135 Å². The zero-order valence-corrected chi connectivity index (χ0v) is 14.3. The largest absolute Gasteiger partial charge is 0.569 e. The first-order valence-electron chi connectivity index (χ1n) is 7.05. The molecule has 0 saturated heterocycles. The molecule has 0 radical (unpaired) electrons. The van der Waals surface area contributed by atoms with Gasteiger partial charge < -0.3 is 24.6 Å². The normalized spacial score (nSPS) is 13.4. The fourth-order valence-corrected chi connectivity index (χ4v) is 1.46. The van der Waals surface area contributed by atoms with Gasteiger partial charge in [-0.05, 0) is 33.1 Å². The van der Waals surface area contributed by atoms with Crippen LogP contribution >= 0.6 is 0 Å². The number of likely N-dealkylation sites (N-methyl/N-ethyl adjacent to an activating group) is 1. The number of hydrogen-bond donors (Lipinski definition) is 1. The van der Waals surface area contributed by atoms with Crippen LogP contribution in [0.5, 0.6) is 0 Å². The van der Waals surface area contributed by atoms with E-state index in [0.29, 0.717) is 0 Å². The second-order valence-corrected chi connectivity index (χ2v) is 6.25. The van der Waals surface area contributed by atoms with Crippen molar-refractivity contribution in [2.75, 3.05) is 13.8 Å². The first kappa shape index (κ1) is 20.7. The minimum atomic E-state index is -1.15. The second-order valence-electron chi connectivity index (χ2n) is 6.25. The maximum Gasteiger partial charge on any atom is 0.511 e. The summed E-state index contributed by atoms with van der Waals surface area (Å²) in [7, 11) is 1.27. The fraction of sp³-hybridized carbons (Fsp3) is 0.846. The van der Waals surface area contributed by atoms with Crippen LogP contribution in [-0.4, -0.2) is 52.7 Å². The molecule has 0 heterocycles. The first-order valence-corrected chi connectivity index (χ1v) is 7.05. The third kappa shape index (κ3) is 9.38. The van der Waals surface area contributed by atoms with Crippen molar-refractivity contribution >= 4 is 12.1 Å². The van der Waals surface area contributed by atoms with Gasteiger partial charge >= 0.3 is 12.1 Å². The number of carboxylic acid groups (broad SMARTS) is 1. The van der Waals surface area contributed by atoms with Crippen LogP contribution in [0.3, 0.4) is 0 Å². The minimum absolute atomic E-state index is 0.0143. The lowest BCUT2D eigenvalue weighted by molar-refractivity contribution is -0.711. The van der Waals surface area contributed by atoms with E-state index in [9.17, 15) is 14.8 Å². The van der Waals surface area contributed by atoms with Crippen LogP contribution in [0.1, 0.15) is 41.0 Å². The van der Waals surface area contributed by atoms with E-state index in [-0.39, 0.29) is 17.3 Å². The highest BCUT2D eigenvalue weighted by Crippen LogP contribution is 2.11. The van der Waals surface area contributed by atoms with Crippen molar-refractivity contribution in [1.82, 2.24) is 5.01 Å². The van der Waals surface area contributed by atoms with Gasteiger partial charge in [0.25, 0.3) is 6.79 Å². The van der Waals surface area contributed by atoms with E-state index in [4.69, 9.17) is 9.84 Å². The molecule has 0 aliphatic heterocycles. The molecule has 1 unspecified atom stereocenters. The Balaban J connectivity index is 4.42. The summed E-state index contributed by atoms with van der Waals surface area (Å²) in [5.74, 6) is -1.08. The molecule has 0 spiro atoms. The maximum atomic E-state index is 11.7. The highest BCUT2D eigenvalue weighted by Gasteiger charge is 2.29. The number of hydrazine groups is 1. The van der Waals surface area contributed by atoms with Crippen LogP contribution < -0.4 is 0 Å². The van der Waals surface area contributed by atoms with Gasteiger partial charge in [-0.1, -0.05) is 13.8 Å². The van der Waals surface area contributed by atoms with Crippen molar-refractivity contribution < 1.29 is 34.0 Å². The molecule has 0 aliphatic rings. The summed E-state index contributed by atoms with van der Waals surface area (Å²) in [6.07, 6.45) is -0.712. The van der Waals surface area contributed by atoms with Crippen LogP contribution in [0.2, 0.25) is 0 Å². The summed E-state index contributed by atoms with van der Waals surface area (Å²) < 4.78 is 9.39. The van der Waals surface area contributed by atoms with Gasteiger partial charge in [0, 0.05) is 0 Å². The summed E-state index contributed by atoms with van der Waals surface area (Å²) >= 11 is 0. The maximum absolute atomic E-state index is 11.7. The summed E-state index contributed by atoms with van der Waals surface area (Å²) in [4.78, 5) is 26.9. The van der Waals surface area contributed by atoms with Gasteiger partial charge in [-0.15, -0.1) is 5.01 Å². The molecule has 134 valence electrons. The molecule has 0 rings (SSSR count). The standard InChI is InChI=1S/C13H25N3O7/c1-9(2)7-10(11(17)18)15(6)16(20)14-22-8-21-12(19)23-13(3,4)5/h9-10H,7-8H2,1-6H3,(H,17,18). The number of ether oxygens (including phenoxy) is 2. The van der Waals surface area contributed by atoms with E-state index in [1.807, 2.05) is 13.8 Å². The third-order valence-electron chi connectivity index (χ3n) is 2.45. The number of hydrogen-bond acceptors (Lipinski definition) is 7. The highest BCUT2D eigenvalue weighted by atomic mass is 16.8. The van der Waals surface area contributed by atoms with Crippen LogP contribution in [-0.2, 0) is 19.1 Å². The number of carboxylic acids is 1. The molecule has 0 aliphatic carbocycles. The fourth-order valence-electron chi connectivity index (χ4n) is 1.46. The number of nitrogens with zero attached hydrogens (tertiary/aromatic N) is 3. The number of carbonyl (C=O) groups is 2. The molecular formula is C13H25N3O7. The van der Waals surface area contributed by atoms with E-state index in [2.05, 4.69) is 14.9 Å². The van der Waals surface area contributed by atoms with Crippen molar-refractivity contribution in [3.05, 3.63) is 5.21 Å². The number of rotatable bonds is 8. The molecule has 0 bridgehead atoms. The SMILES string of the molecule is CC(C)CC(C(=O)O)N(C)[N+]([O-])=NOCOC(=O)OC(C)(C)C. The molecule has 0 aromatic heterocycles. The van der Waals surface area contributed by atoms with E-state index < -0.39 is 30.6 Å². The molecular weight excluding hydrogens is 310 g/mol. The van der Waals surface area contributed by atoms with Gasteiger partial charge in [-0.2, -0.15) is 0 Å². The molecule has 1 N–H and O–H groups in total. The van der Waals surface area contributed by atoms with Gasteiger partial charge in [-0.25, -0.2) is 9.59 Å². The molecule has 23 heavy (non-hydrogen) atoms. The Morgan fingerprint density at radius 3 is 2.35 bits per heavy atom. The summed E-state index contributed by atoms with van der Waals surface area (Å²) in [6, 6.07) is -1.05. The zero-order chi connectivity index (χ0) is 18.2. The number of carbonyl (C=O) groups excluding carboxylic acids is 1. The van der Waals surface area contributed by atoms with Crippen LogP contribution in [0, 0.1) is 11.1 Å². The monoisotopic (exact) mass is 335 g/mol. The summed E-state index contributed by atoms with van der Waals surface area (Å²) in [5.41, 5.74) is -0.718. The molecule has 0 fully saturated rings. The Morgan fingerprint density at radius 1 is 1.35 bits per heavy atom. The van der Waals surface area contributed by atoms with Gasteiger partial charge in [0.2, 0.25) is 5.28 Å². The van der Waals surface area contributed by atoms with Crippen molar-refractivity contribution in [2.45, 2.75) is 52.7 Å². The van der Waals surface area contributed by atoms with Crippen molar-refractivity contribution in [2.24, 2.45) is 11.2 Å². The summed E-state index contributed by atoms with van der Waals surface area (Å²) in [6.45, 7) is 8.02. The van der Waals surface area contributed by atoms with Crippen LogP contribution in [0.15, 0.2) is 5.28 Å². The zero-order valence-electron chi connectivity index (χ0n) is 14.3. The summed E-state index contributed by atoms with van der Waals surface area (Å²) in [5, 5.41) is 24.8. The average Bonchev–Trinajstić information content (AvgIpc) is 2.37. The highest BCUT2D eigenvalue weighted by molar-refractivity contribution is 5.73. The average molecular weight is 335 g/mol. The lowest BCUT2D eigenvalue weighted by Gasteiger charge is -2.21. The molecule has 0 saturated carbocycles. The second kappa shape index (κ2) is 9.01. The van der Waals surface area contributed by atoms with E-state index in [0.717, 1.165) is 5.01 Å². The van der Waals surface area contributed by atoms with Crippen LogP contribution in [0.25, 0.3) is 0 Å². The van der Waals surface area contributed by atoms with Crippen LogP contribution in [0.4, 0.5) is 4.79 Å². The van der Waals surface area contributed by atoms with Gasteiger partial charge in [0.15, 0.2) is 6.04 Å². The Hall–Kier alpha value is -2.26. The topological polar surface area (TPSA) is 124 Å². The van der Waals surface area contributed by atoms with Gasteiger partial charge in [-0.3, -0.25) is 0 Å². The Kier molecular flexibility index (Phi) is 8.12. The third-order valence-corrected chi connectivity index (χ3v) is 2.45. The Bertz CT molecular complexity index is 432. The molecule has 0 amide bonds. The predicted octanol–water partition coefficient (Wildman–Crippen LogP) is 2.14. The lowest BCUT2D eigenvalue weighted by Crippen LogP contribution is -2.43. The Morgan fingerprint density at radius 2 is 1.91 bits per heavy atom. The minimum Gasteiger partial charge on any atom is -0.569 e. The van der Waals surface area contributed by atoms with E-state index >= 15 is 0 Å². The van der Waals surface area contributed by atoms with E-state index in [1.54, 1.807) is 20.8 Å². The van der Waals surface area contributed by atoms with Gasteiger partial charge in [0.05, 0.1) is 12.0 Å². The molecule has 0 aromatic carbocycles. The number of aliphatic carboxylic acids is 1. The lowest BCUT2D eigenvalue weighted by atomic mass is 10.0. The molecule has 1 atom stereocenters. The van der Waals surface area contributed by atoms with Gasteiger partial charge in [0.1, 0.15) is 5.60 Å². The van der Waals surface area contributed by atoms with Crippen molar-refractivity contribution in [1.29, 1.82) is 0 Å². The quantitative estimate of drug-likeness (QED) is 0.179. The smallest absolute Gasteiger partial charge is 0.511 e. The molecule has 10 heteroatoms. The molecule has 0 aromatic rings. The first-order chi connectivity index (χ1) is 10.4.